The first-order valence-electron chi connectivity index (χ1n) is 8.49. The van der Waals surface area contributed by atoms with Crippen molar-refractivity contribution in [1.29, 1.82) is 0 Å². The van der Waals surface area contributed by atoms with Crippen molar-refractivity contribution in [2.45, 2.75) is 69.4 Å². The van der Waals surface area contributed by atoms with E-state index in [1.54, 1.807) is 10.9 Å². The molecule has 0 saturated heterocycles. The number of carbonyl (C=O) groups is 1. The minimum absolute atomic E-state index is 0.0478. The van der Waals surface area contributed by atoms with Gasteiger partial charge >= 0.3 is 0 Å². The van der Waals surface area contributed by atoms with Crippen molar-refractivity contribution in [3.05, 3.63) is 18.1 Å². The molecule has 0 fully saturated rings. The number of aromatic nitrogens is 5. The van der Waals surface area contributed by atoms with Gasteiger partial charge in [-0.1, -0.05) is 18.2 Å². The third-order valence-corrected chi connectivity index (χ3v) is 5.22. The van der Waals surface area contributed by atoms with Crippen molar-refractivity contribution in [2.24, 2.45) is 0 Å². The zero-order valence-corrected chi connectivity index (χ0v) is 15.2. The Morgan fingerprint density at radius 2 is 2.08 bits per heavy atom. The molecule has 8 heteroatoms. The van der Waals surface area contributed by atoms with Crippen LogP contribution in [0.5, 0.6) is 0 Å². The molecule has 0 bridgehead atoms. The van der Waals surface area contributed by atoms with Crippen LogP contribution >= 0.6 is 11.8 Å². The molecule has 1 atom stereocenters. The summed E-state index contributed by atoms with van der Waals surface area (Å²) in [6.45, 7) is 6.91. The molecule has 2 aromatic rings. The maximum absolute atomic E-state index is 12.5. The number of hydrogen-bond donors (Lipinski definition) is 1. The first-order chi connectivity index (χ1) is 11.6. The van der Waals surface area contributed by atoms with Gasteiger partial charge in [0.15, 0.2) is 5.16 Å². The van der Waals surface area contributed by atoms with Gasteiger partial charge < -0.3 is 9.88 Å². The standard InChI is InChI=1S/C16H24N6OS/c1-11(2)22-13(8-9-17-22)18-15(23)12(3)24-16-20-19-14-7-5-4-6-10-21(14)16/h8-9,11-12H,4-7,10H2,1-3H3,(H,18,23). The van der Waals surface area contributed by atoms with Gasteiger partial charge in [-0.3, -0.25) is 4.79 Å². The second-order valence-electron chi connectivity index (χ2n) is 6.37. The number of fused-ring (bicyclic) bond motifs is 1. The quantitative estimate of drug-likeness (QED) is 0.841. The van der Waals surface area contributed by atoms with E-state index in [4.69, 9.17) is 0 Å². The zero-order chi connectivity index (χ0) is 17.1. The third-order valence-electron chi connectivity index (χ3n) is 4.14. The molecule has 0 aromatic carbocycles. The predicted octanol–water partition coefficient (Wildman–Crippen LogP) is 2.90. The number of aryl methyl sites for hydroxylation is 1. The Balaban J connectivity index is 1.66. The lowest BCUT2D eigenvalue weighted by Crippen LogP contribution is -2.25. The molecule has 24 heavy (non-hydrogen) atoms. The second kappa shape index (κ2) is 7.38. The van der Waals surface area contributed by atoms with Crippen molar-refractivity contribution in [1.82, 2.24) is 24.5 Å². The van der Waals surface area contributed by atoms with Crippen LogP contribution in [0.3, 0.4) is 0 Å². The molecule has 1 aliphatic rings. The highest BCUT2D eigenvalue weighted by molar-refractivity contribution is 8.00. The topological polar surface area (TPSA) is 77.6 Å². The molecule has 1 aliphatic heterocycles. The lowest BCUT2D eigenvalue weighted by atomic mass is 10.2. The Hall–Kier alpha value is -1.83. The van der Waals surface area contributed by atoms with Crippen LogP contribution in [0, 0.1) is 0 Å². The van der Waals surface area contributed by atoms with E-state index in [0.29, 0.717) is 0 Å². The number of hydrogen-bond acceptors (Lipinski definition) is 5. The fourth-order valence-corrected chi connectivity index (χ4v) is 3.70. The van der Waals surface area contributed by atoms with Gasteiger partial charge in [0.2, 0.25) is 5.91 Å². The summed E-state index contributed by atoms with van der Waals surface area (Å²) < 4.78 is 3.97. The molecule has 1 unspecified atom stereocenters. The summed E-state index contributed by atoms with van der Waals surface area (Å²) in [5.41, 5.74) is 0. The van der Waals surface area contributed by atoms with Crippen molar-refractivity contribution in [3.8, 4) is 0 Å². The maximum atomic E-state index is 12.5. The van der Waals surface area contributed by atoms with E-state index in [2.05, 4.69) is 25.2 Å². The van der Waals surface area contributed by atoms with Crippen LogP contribution < -0.4 is 5.32 Å². The normalized spacial score (nSPS) is 15.8. The highest BCUT2D eigenvalue weighted by Crippen LogP contribution is 2.26. The molecule has 0 radical (unpaired) electrons. The van der Waals surface area contributed by atoms with E-state index >= 15 is 0 Å². The second-order valence-corrected chi connectivity index (χ2v) is 7.67. The number of amides is 1. The van der Waals surface area contributed by atoms with Crippen LogP contribution in [0.2, 0.25) is 0 Å². The average molecular weight is 348 g/mol. The SMILES string of the molecule is CC(Sc1nnc2n1CCCCC2)C(=O)Nc1ccnn1C(C)C. The molecule has 7 nitrogen and oxygen atoms in total. The average Bonchev–Trinajstić information content (AvgIpc) is 3.08. The summed E-state index contributed by atoms with van der Waals surface area (Å²) in [7, 11) is 0. The van der Waals surface area contributed by atoms with Crippen LogP contribution in [-0.4, -0.2) is 35.7 Å². The van der Waals surface area contributed by atoms with E-state index in [1.165, 1.54) is 18.2 Å². The predicted molar refractivity (Wildman–Crippen MR) is 94.1 cm³/mol. The first-order valence-corrected chi connectivity index (χ1v) is 9.37. The number of anilines is 1. The third kappa shape index (κ3) is 3.63. The highest BCUT2D eigenvalue weighted by atomic mass is 32.2. The largest absolute Gasteiger partial charge is 0.310 e. The molecule has 130 valence electrons. The lowest BCUT2D eigenvalue weighted by molar-refractivity contribution is -0.115. The molecular weight excluding hydrogens is 324 g/mol. The van der Waals surface area contributed by atoms with Gasteiger partial charge in [0.05, 0.1) is 11.4 Å². The van der Waals surface area contributed by atoms with Crippen LogP contribution in [-0.2, 0) is 17.8 Å². The molecule has 3 rings (SSSR count). The molecule has 1 N–H and O–H groups in total. The van der Waals surface area contributed by atoms with Gasteiger partial charge in [-0.15, -0.1) is 10.2 Å². The van der Waals surface area contributed by atoms with Crippen molar-refractivity contribution >= 4 is 23.5 Å². The van der Waals surface area contributed by atoms with E-state index in [1.807, 2.05) is 26.8 Å². The summed E-state index contributed by atoms with van der Waals surface area (Å²) in [4.78, 5) is 12.5. The Morgan fingerprint density at radius 3 is 2.88 bits per heavy atom. The van der Waals surface area contributed by atoms with Crippen LogP contribution in [0.4, 0.5) is 5.82 Å². The Morgan fingerprint density at radius 1 is 1.25 bits per heavy atom. The molecular formula is C16H24N6OS. The highest BCUT2D eigenvalue weighted by Gasteiger charge is 2.22. The molecule has 3 heterocycles. The first kappa shape index (κ1) is 17.0. The zero-order valence-electron chi connectivity index (χ0n) is 14.4. The smallest absolute Gasteiger partial charge is 0.238 e. The summed E-state index contributed by atoms with van der Waals surface area (Å²) in [5, 5.41) is 16.4. The van der Waals surface area contributed by atoms with Gasteiger partial charge in [-0.25, -0.2) is 4.68 Å². The van der Waals surface area contributed by atoms with Crippen LogP contribution in [0.15, 0.2) is 17.4 Å². The fourth-order valence-electron chi connectivity index (χ4n) is 2.81. The summed E-state index contributed by atoms with van der Waals surface area (Å²) in [6, 6.07) is 2.02. The number of nitrogens with zero attached hydrogens (tertiary/aromatic N) is 5. The molecule has 1 amide bonds. The van der Waals surface area contributed by atoms with E-state index in [-0.39, 0.29) is 17.2 Å². The van der Waals surface area contributed by atoms with Gasteiger partial charge in [-0.2, -0.15) is 5.10 Å². The number of rotatable bonds is 5. The summed E-state index contributed by atoms with van der Waals surface area (Å²) >= 11 is 1.47. The van der Waals surface area contributed by atoms with Crippen molar-refractivity contribution in [2.75, 3.05) is 5.32 Å². The lowest BCUT2D eigenvalue weighted by Gasteiger charge is -2.15. The van der Waals surface area contributed by atoms with E-state index in [0.717, 1.165) is 42.6 Å². The van der Waals surface area contributed by atoms with Gasteiger partial charge in [0, 0.05) is 25.1 Å². The molecule has 0 aliphatic carbocycles. The van der Waals surface area contributed by atoms with Crippen LogP contribution in [0.25, 0.3) is 0 Å². The monoisotopic (exact) mass is 348 g/mol. The Kier molecular flexibility index (Phi) is 5.23. The van der Waals surface area contributed by atoms with Gasteiger partial charge in [0.25, 0.3) is 0 Å². The van der Waals surface area contributed by atoms with Crippen LogP contribution in [0.1, 0.15) is 51.9 Å². The van der Waals surface area contributed by atoms with E-state index < -0.39 is 0 Å². The fraction of sp³-hybridized carbons (Fsp3) is 0.625. The number of nitrogens with one attached hydrogen (secondary N) is 1. The van der Waals surface area contributed by atoms with Gasteiger partial charge in [-0.05, 0) is 33.6 Å². The minimum atomic E-state index is -0.253. The number of thioether (sulfide) groups is 1. The molecule has 0 spiro atoms. The van der Waals surface area contributed by atoms with Crippen molar-refractivity contribution < 1.29 is 4.79 Å². The summed E-state index contributed by atoms with van der Waals surface area (Å²) in [6.07, 6.45) is 6.21. The summed E-state index contributed by atoms with van der Waals surface area (Å²) in [5.74, 6) is 1.72. The molecule has 2 aromatic heterocycles. The van der Waals surface area contributed by atoms with Gasteiger partial charge in [0.1, 0.15) is 11.6 Å². The Bertz CT molecular complexity index is 707. The Labute approximate surface area is 146 Å². The number of carbonyl (C=O) groups excluding carboxylic acids is 1. The molecule has 0 saturated carbocycles. The van der Waals surface area contributed by atoms with E-state index in [9.17, 15) is 4.79 Å². The minimum Gasteiger partial charge on any atom is -0.310 e. The maximum Gasteiger partial charge on any atom is 0.238 e. The van der Waals surface area contributed by atoms with Crippen molar-refractivity contribution in [3.63, 3.8) is 0 Å².